The summed E-state index contributed by atoms with van der Waals surface area (Å²) in [6.45, 7) is 6.99. The van der Waals surface area contributed by atoms with Gasteiger partial charge in [-0.15, -0.1) is 0 Å². The highest BCUT2D eigenvalue weighted by atomic mass is 35.5. The SMILES string of the molecule is CCCc1ccc(Cl)cc1.CNC(=O)SCC(NC=O)C(=O)NC(C)Cc1ccc(O)cc1.CNCCCCC(NC(=O)CNC=O)C(=O)NC(C(=O)NCC(=O)NC(Cc1ccc(O)cc1)C(N)=O)C(C)O.Cc1ccc(C(N)=O)cc1. The van der Waals surface area contributed by atoms with Crippen molar-refractivity contribution in [1.82, 2.24) is 47.9 Å². The first-order valence-corrected chi connectivity index (χ1v) is 27.8. The average Bonchev–Trinajstić information content (AvgIpc) is 3.47. The highest BCUT2D eigenvalue weighted by molar-refractivity contribution is 8.13. The Morgan fingerprint density at radius 1 is 0.651 bits per heavy atom. The molecule has 454 valence electrons. The molecule has 0 bridgehead atoms. The Balaban J connectivity index is 0.000000659. The fourth-order valence-electron chi connectivity index (χ4n) is 7.12. The second-order valence-corrected chi connectivity index (χ2v) is 20.1. The number of benzene rings is 4. The van der Waals surface area contributed by atoms with E-state index in [1.165, 1.54) is 38.1 Å². The summed E-state index contributed by atoms with van der Waals surface area (Å²) >= 11 is 6.64. The zero-order chi connectivity index (χ0) is 62.3. The molecule has 0 aliphatic heterocycles. The van der Waals surface area contributed by atoms with Gasteiger partial charge in [-0.1, -0.05) is 90.8 Å². The van der Waals surface area contributed by atoms with E-state index in [9.17, 15) is 63.3 Å². The third-order valence-electron chi connectivity index (χ3n) is 11.5. The number of aryl methyl sites for hydroxylation is 2. The first-order chi connectivity index (χ1) is 39.5. The van der Waals surface area contributed by atoms with Gasteiger partial charge in [0.2, 0.25) is 54.2 Å². The van der Waals surface area contributed by atoms with Gasteiger partial charge in [-0.3, -0.25) is 47.9 Å². The molecule has 16 N–H and O–H groups in total. The lowest BCUT2D eigenvalue weighted by Gasteiger charge is -2.25. The Morgan fingerprint density at radius 2 is 1.19 bits per heavy atom. The van der Waals surface area contributed by atoms with Gasteiger partial charge in [0.25, 0.3) is 5.24 Å². The number of thioether (sulfide) groups is 1. The minimum absolute atomic E-state index is 0.0308. The lowest BCUT2D eigenvalue weighted by Crippen LogP contribution is -2.58. The summed E-state index contributed by atoms with van der Waals surface area (Å²) in [5.74, 6) is -4.15. The maximum atomic E-state index is 12.9. The number of primary amides is 2. The molecule has 4 aromatic carbocycles. The summed E-state index contributed by atoms with van der Waals surface area (Å²) in [7, 11) is 3.27. The minimum atomic E-state index is -1.46. The fraction of sp³-hybridized carbons (Fsp3) is 0.404. The maximum absolute atomic E-state index is 12.9. The summed E-state index contributed by atoms with van der Waals surface area (Å²) in [4.78, 5) is 117. The molecular formula is C57H80ClN11O13S. The van der Waals surface area contributed by atoms with E-state index in [4.69, 9.17) is 23.1 Å². The fourth-order valence-corrected chi connectivity index (χ4v) is 7.96. The van der Waals surface area contributed by atoms with Gasteiger partial charge in [0.1, 0.15) is 35.7 Å². The number of rotatable bonds is 30. The van der Waals surface area contributed by atoms with E-state index in [0.29, 0.717) is 49.8 Å². The second kappa shape index (κ2) is 41.7. The average molecular weight is 1190 g/mol. The molecule has 0 fully saturated rings. The van der Waals surface area contributed by atoms with Crippen LogP contribution in [0.3, 0.4) is 0 Å². The zero-order valence-corrected chi connectivity index (χ0v) is 49.1. The number of aliphatic hydroxyl groups is 1. The van der Waals surface area contributed by atoms with Crippen molar-refractivity contribution >= 4 is 82.8 Å². The molecule has 0 aromatic heterocycles. The van der Waals surface area contributed by atoms with Gasteiger partial charge in [-0.2, -0.15) is 0 Å². The molecule has 4 aromatic rings. The molecule has 4 rings (SSSR count). The number of nitrogens with one attached hydrogen (secondary N) is 9. The number of aliphatic hydroxyl groups excluding tert-OH is 1. The number of hydrogen-bond acceptors (Lipinski definition) is 15. The Morgan fingerprint density at radius 3 is 1.70 bits per heavy atom. The Kier molecular flexibility index (Phi) is 36.5. The van der Waals surface area contributed by atoms with Crippen LogP contribution >= 0.6 is 23.4 Å². The van der Waals surface area contributed by atoms with Crippen LogP contribution in [0.5, 0.6) is 11.5 Å². The van der Waals surface area contributed by atoms with Crippen LogP contribution in [0.25, 0.3) is 0 Å². The van der Waals surface area contributed by atoms with Crippen molar-refractivity contribution < 1.29 is 63.3 Å². The van der Waals surface area contributed by atoms with Crippen molar-refractivity contribution in [1.29, 1.82) is 0 Å². The normalized spacial score (nSPS) is 12.4. The number of nitrogens with two attached hydrogens (primary N) is 2. The largest absolute Gasteiger partial charge is 0.508 e. The van der Waals surface area contributed by atoms with Crippen molar-refractivity contribution in [3.63, 3.8) is 0 Å². The van der Waals surface area contributed by atoms with Crippen LogP contribution in [-0.2, 0) is 57.6 Å². The Labute approximate surface area is 493 Å². The van der Waals surface area contributed by atoms with Gasteiger partial charge in [0, 0.05) is 35.8 Å². The molecular weight excluding hydrogens is 1110 g/mol. The van der Waals surface area contributed by atoms with E-state index in [1.54, 1.807) is 55.6 Å². The van der Waals surface area contributed by atoms with Crippen molar-refractivity contribution in [2.45, 2.75) is 109 Å². The lowest BCUT2D eigenvalue weighted by molar-refractivity contribution is -0.135. The van der Waals surface area contributed by atoms with E-state index < -0.39 is 66.4 Å². The summed E-state index contributed by atoms with van der Waals surface area (Å²) in [6.07, 6.45) is 3.88. The van der Waals surface area contributed by atoms with Crippen molar-refractivity contribution in [2.75, 3.05) is 39.5 Å². The highest BCUT2D eigenvalue weighted by Gasteiger charge is 2.30. The number of hydrogen-bond donors (Lipinski definition) is 14. The Hall–Kier alpha value is -8.26. The first-order valence-electron chi connectivity index (χ1n) is 26.4. The van der Waals surface area contributed by atoms with Gasteiger partial charge >= 0.3 is 0 Å². The van der Waals surface area contributed by atoms with Crippen LogP contribution in [0.2, 0.25) is 5.02 Å². The molecule has 0 radical (unpaired) electrons. The van der Waals surface area contributed by atoms with E-state index in [2.05, 4.69) is 66.9 Å². The van der Waals surface area contributed by atoms with Gasteiger partial charge in [0.15, 0.2) is 0 Å². The standard InChI is InChI=1S/C25H39N7O8.C15H21N3O4S.C9H11Cl.C8H9NO/c1-15(34)22(32-24(39)18(5-3-4-10-27-2)30-20(36)12-28-14-33)25(40)29-13-21(37)31-19(23(26)38)11-16-6-8-17(35)9-7-16;1-10(7-11-3-5-12(20)6-4-11)18-14(21)13(17-9-19)8-23-15(22)16-2;1-2-3-8-4-6-9(10)7-5-8;1-6-2-4-7(5-3-6)8(9)10/h6-9,14-15,18-19,22,27,34-35H,3-5,10-13H2,1-2H3,(H2,26,38)(H,28,33)(H,29,40)(H,30,36)(H,31,37)(H,32,39);3-6,9-10,13,20H,7-8H2,1-2H3,(H,16,22)(H,17,19)(H,18,21);4-7H,2-3H2,1H3;2-5H,1H3,(H2,9,10). The van der Waals surface area contributed by atoms with E-state index >= 15 is 0 Å². The molecule has 0 heterocycles. The molecule has 24 nitrogen and oxygen atoms in total. The van der Waals surface area contributed by atoms with Crippen LogP contribution in [0.4, 0.5) is 4.79 Å². The van der Waals surface area contributed by atoms with Crippen molar-refractivity contribution in [3.8, 4) is 11.5 Å². The molecule has 6 unspecified atom stereocenters. The van der Waals surface area contributed by atoms with Gasteiger partial charge in [-0.25, -0.2) is 0 Å². The topological polar surface area (TPSA) is 392 Å². The van der Waals surface area contributed by atoms with Crippen molar-refractivity contribution in [3.05, 3.63) is 130 Å². The third-order valence-corrected chi connectivity index (χ3v) is 12.8. The molecule has 0 aliphatic carbocycles. The monoisotopic (exact) mass is 1190 g/mol. The molecule has 0 aliphatic rings. The van der Waals surface area contributed by atoms with E-state index in [1.807, 2.05) is 38.1 Å². The molecule has 10 amide bonds. The smallest absolute Gasteiger partial charge is 0.278 e. The quantitative estimate of drug-likeness (QED) is 0.0260. The number of halogens is 1. The summed E-state index contributed by atoms with van der Waals surface area (Å²) in [5.41, 5.74) is 15.1. The van der Waals surface area contributed by atoms with E-state index in [0.717, 1.165) is 34.3 Å². The number of phenolic OH excluding ortho intramolecular Hbond substituents is 2. The molecule has 26 heteroatoms. The number of unbranched alkanes of at least 4 members (excludes halogenated alkanes) is 1. The number of carbonyl (C=O) groups is 10. The third kappa shape index (κ3) is 32.7. The molecule has 83 heavy (non-hydrogen) atoms. The summed E-state index contributed by atoms with van der Waals surface area (Å²) in [5, 5.41) is 51.7. The van der Waals surface area contributed by atoms with E-state index in [-0.39, 0.29) is 59.7 Å². The number of aromatic hydroxyl groups is 2. The van der Waals surface area contributed by atoms with Crippen LogP contribution in [0, 0.1) is 6.92 Å². The predicted octanol–water partition coefficient (Wildman–Crippen LogP) is 1.52. The van der Waals surface area contributed by atoms with Crippen LogP contribution in [-0.4, -0.2) is 151 Å². The second-order valence-electron chi connectivity index (χ2n) is 18.6. The number of carbonyl (C=O) groups excluding carboxylic acids is 10. The summed E-state index contributed by atoms with van der Waals surface area (Å²) < 4.78 is 0. The van der Waals surface area contributed by atoms with Crippen molar-refractivity contribution in [2.24, 2.45) is 11.5 Å². The summed E-state index contributed by atoms with van der Waals surface area (Å²) in [6, 6.07) is 23.3. The zero-order valence-electron chi connectivity index (χ0n) is 47.5. The van der Waals surface area contributed by atoms with Crippen LogP contribution in [0.15, 0.2) is 97.1 Å². The highest BCUT2D eigenvalue weighted by Crippen LogP contribution is 2.14. The molecule has 0 saturated carbocycles. The Bertz CT molecular complexity index is 2640. The molecule has 6 atom stereocenters. The van der Waals surface area contributed by atoms with Crippen LogP contribution in [0.1, 0.15) is 79.1 Å². The molecule has 0 spiro atoms. The first kappa shape index (κ1) is 72.8. The van der Waals surface area contributed by atoms with Gasteiger partial charge in [-0.05, 0) is 132 Å². The van der Waals surface area contributed by atoms with Gasteiger partial charge in [0.05, 0.1) is 19.2 Å². The minimum Gasteiger partial charge on any atom is -0.508 e. The predicted molar refractivity (Wildman–Crippen MR) is 318 cm³/mol. The number of phenols is 2. The number of amides is 10. The molecule has 0 saturated heterocycles. The van der Waals surface area contributed by atoms with Crippen LogP contribution < -0.4 is 59.3 Å². The maximum Gasteiger partial charge on any atom is 0.278 e. The van der Waals surface area contributed by atoms with Gasteiger partial charge < -0.3 is 74.6 Å². The lowest BCUT2D eigenvalue weighted by atomic mass is 10.1.